The Morgan fingerprint density at radius 3 is 2.69 bits per heavy atom. The lowest BCUT2D eigenvalue weighted by atomic mass is 10.1. The molecule has 2 heterocycles. The van der Waals surface area contributed by atoms with E-state index in [2.05, 4.69) is 47.7 Å². The summed E-state index contributed by atoms with van der Waals surface area (Å²) in [6, 6.07) is 2.47. The van der Waals surface area contributed by atoms with Crippen LogP contribution in [0.5, 0.6) is 0 Å². The highest BCUT2D eigenvalue weighted by Crippen LogP contribution is 2.24. The predicted octanol–water partition coefficient (Wildman–Crippen LogP) is 2.44. The first-order chi connectivity index (χ1) is 7.61. The number of nitrogens with zero attached hydrogens (tertiary/aromatic N) is 3. The van der Waals surface area contributed by atoms with Gasteiger partial charge in [-0.15, -0.1) is 0 Å². The molecule has 1 unspecified atom stereocenters. The van der Waals surface area contributed by atoms with Gasteiger partial charge >= 0.3 is 0 Å². The van der Waals surface area contributed by atoms with Gasteiger partial charge in [-0.2, -0.15) is 0 Å². The molecular weight excluding hydrogens is 200 g/mol. The van der Waals surface area contributed by atoms with Gasteiger partial charge in [0.25, 0.3) is 0 Å². The second-order valence-electron chi connectivity index (χ2n) is 4.53. The fraction of sp³-hybridized carbons (Fsp3) is 0.500. The van der Waals surface area contributed by atoms with Crippen LogP contribution in [0.3, 0.4) is 0 Å². The summed E-state index contributed by atoms with van der Waals surface area (Å²) < 4.78 is 0. The third-order valence-electron chi connectivity index (χ3n) is 3.24. The van der Waals surface area contributed by atoms with E-state index in [1.165, 1.54) is 0 Å². The van der Waals surface area contributed by atoms with Gasteiger partial charge in [-0.25, -0.2) is 9.97 Å². The van der Waals surface area contributed by atoms with E-state index in [0.717, 1.165) is 16.9 Å². The smallest absolute Gasteiger partial charge is 0.142 e. The fourth-order valence-corrected chi connectivity index (χ4v) is 1.78. The van der Waals surface area contributed by atoms with Crippen LogP contribution in [0, 0.1) is 5.92 Å². The number of hydrogen-bond donors (Lipinski definition) is 1. The molecule has 0 aliphatic heterocycles. The zero-order chi connectivity index (χ0) is 11.7. The minimum absolute atomic E-state index is 0.452. The summed E-state index contributed by atoms with van der Waals surface area (Å²) in [5.41, 5.74) is 0.896. The summed E-state index contributed by atoms with van der Waals surface area (Å²) >= 11 is 0. The van der Waals surface area contributed by atoms with Crippen LogP contribution in [0.2, 0.25) is 0 Å². The van der Waals surface area contributed by atoms with Crippen molar-refractivity contribution < 1.29 is 0 Å². The molecule has 1 atom stereocenters. The SMILES string of the molecule is CC(C)C(C)N(C)c1ncnc2[nH]ccc12. The maximum atomic E-state index is 4.38. The Morgan fingerprint density at radius 1 is 1.25 bits per heavy atom. The van der Waals surface area contributed by atoms with Gasteiger partial charge in [0.05, 0.1) is 5.39 Å². The first-order valence-electron chi connectivity index (χ1n) is 5.62. The normalized spacial score (nSPS) is 13.3. The molecule has 4 heteroatoms. The number of fused-ring (bicyclic) bond motifs is 1. The average molecular weight is 218 g/mol. The lowest BCUT2D eigenvalue weighted by Gasteiger charge is -2.29. The van der Waals surface area contributed by atoms with Crippen molar-refractivity contribution in [1.29, 1.82) is 0 Å². The Hall–Kier alpha value is -1.58. The molecule has 0 aliphatic rings. The van der Waals surface area contributed by atoms with Crippen molar-refractivity contribution in [2.75, 3.05) is 11.9 Å². The summed E-state index contributed by atoms with van der Waals surface area (Å²) in [4.78, 5) is 13.9. The van der Waals surface area contributed by atoms with Gasteiger partial charge in [0, 0.05) is 19.3 Å². The van der Waals surface area contributed by atoms with Crippen molar-refractivity contribution in [2.45, 2.75) is 26.8 Å². The van der Waals surface area contributed by atoms with Crippen LogP contribution >= 0.6 is 0 Å². The Bertz CT molecular complexity index is 475. The fourth-order valence-electron chi connectivity index (χ4n) is 1.78. The Labute approximate surface area is 95.7 Å². The molecule has 0 aliphatic carbocycles. The summed E-state index contributed by atoms with van der Waals surface area (Å²) in [5, 5.41) is 1.08. The first kappa shape index (κ1) is 10.9. The molecule has 0 radical (unpaired) electrons. The van der Waals surface area contributed by atoms with E-state index >= 15 is 0 Å². The van der Waals surface area contributed by atoms with E-state index < -0.39 is 0 Å². The largest absolute Gasteiger partial charge is 0.356 e. The highest BCUT2D eigenvalue weighted by molar-refractivity contribution is 5.87. The number of anilines is 1. The van der Waals surface area contributed by atoms with Gasteiger partial charge in [-0.1, -0.05) is 13.8 Å². The monoisotopic (exact) mass is 218 g/mol. The molecule has 0 fully saturated rings. The number of nitrogens with one attached hydrogen (secondary N) is 1. The van der Waals surface area contributed by atoms with Crippen molar-refractivity contribution in [3.8, 4) is 0 Å². The molecule has 0 aromatic carbocycles. The number of aromatic nitrogens is 3. The van der Waals surface area contributed by atoms with Crippen molar-refractivity contribution >= 4 is 16.9 Å². The van der Waals surface area contributed by atoms with Crippen LogP contribution in [0.15, 0.2) is 18.6 Å². The van der Waals surface area contributed by atoms with Crippen LogP contribution in [0.1, 0.15) is 20.8 Å². The average Bonchev–Trinajstić information content (AvgIpc) is 2.74. The summed E-state index contributed by atoms with van der Waals surface area (Å²) in [6.07, 6.45) is 3.51. The van der Waals surface area contributed by atoms with E-state index in [4.69, 9.17) is 0 Å². The Kier molecular flexibility index (Phi) is 2.81. The zero-order valence-corrected chi connectivity index (χ0v) is 10.2. The minimum atomic E-state index is 0.452. The topological polar surface area (TPSA) is 44.8 Å². The third-order valence-corrected chi connectivity index (χ3v) is 3.24. The first-order valence-corrected chi connectivity index (χ1v) is 5.62. The summed E-state index contributed by atoms with van der Waals surface area (Å²) in [7, 11) is 2.08. The van der Waals surface area contributed by atoms with Gasteiger partial charge in [0.1, 0.15) is 17.8 Å². The lowest BCUT2D eigenvalue weighted by molar-refractivity contribution is 0.503. The van der Waals surface area contributed by atoms with E-state index in [1.54, 1.807) is 6.33 Å². The Morgan fingerprint density at radius 2 is 2.00 bits per heavy atom. The molecule has 0 bridgehead atoms. The third kappa shape index (κ3) is 1.75. The zero-order valence-electron chi connectivity index (χ0n) is 10.2. The van der Waals surface area contributed by atoms with Crippen molar-refractivity contribution in [1.82, 2.24) is 15.0 Å². The molecule has 0 spiro atoms. The lowest BCUT2D eigenvalue weighted by Crippen LogP contribution is -2.33. The maximum Gasteiger partial charge on any atom is 0.142 e. The predicted molar refractivity (Wildman–Crippen MR) is 66.6 cm³/mol. The van der Waals surface area contributed by atoms with Crippen LogP contribution in [0.25, 0.3) is 11.0 Å². The van der Waals surface area contributed by atoms with Gasteiger partial charge in [0.2, 0.25) is 0 Å². The number of H-pyrrole nitrogens is 1. The highest BCUT2D eigenvalue weighted by Gasteiger charge is 2.17. The van der Waals surface area contributed by atoms with Crippen molar-refractivity contribution in [3.05, 3.63) is 18.6 Å². The van der Waals surface area contributed by atoms with Crippen LogP contribution in [-0.2, 0) is 0 Å². The molecule has 0 amide bonds. The maximum absolute atomic E-state index is 4.38. The van der Waals surface area contributed by atoms with Crippen molar-refractivity contribution in [3.63, 3.8) is 0 Å². The number of rotatable bonds is 3. The van der Waals surface area contributed by atoms with Gasteiger partial charge in [-0.05, 0) is 18.9 Å². The van der Waals surface area contributed by atoms with E-state index in [1.807, 2.05) is 12.3 Å². The van der Waals surface area contributed by atoms with Crippen LogP contribution in [0.4, 0.5) is 5.82 Å². The van der Waals surface area contributed by atoms with E-state index in [-0.39, 0.29) is 0 Å². The molecule has 2 rings (SSSR count). The van der Waals surface area contributed by atoms with Crippen molar-refractivity contribution in [2.24, 2.45) is 5.92 Å². The quantitative estimate of drug-likeness (QED) is 0.860. The second-order valence-corrected chi connectivity index (χ2v) is 4.53. The van der Waals surface area contributed by atoms with Gasteiger partial charge < -0.3 is 9.88 Å². The van der Waals surface area contributed by atoms with E-state index in [0.29, 0.717) is 12.0 Å². The highest BCUT2D eigenvalue weighted by atomic mass is 15.2. The minimum Gasteiger partial charge on any atom is -0.356 e. The number of hydrogen-bond acceptors (Lipinski definition) is 3. The van der Waals surface area contributed by atoms with Gasteiger partial charge in [0.15, 0.2) is 0 Å². The molecule has 1 N–H and O–H groups in total. The molecule has 0 saturated carbocycles. The molecule has 4 nitrogen and oxygen atoms in total. The standard InChI is InChI=1S/C12H18N4/c1-8(2)9(3)16(4)12-10-5-6-13-11(10)14-7-15-12/h5-9H,1-4H3,(H,13,14,15). The second kappa shape index (κ2) is 4.12. The van der Waals surface area contributed by atoms with E-state index in [9.17, 15) is 0 Å². The van der Waals surface area contributed by atoms with Crippen LogP contribution in [-0.4, -0.2) is 28.0 Å². The van der Waals surface area contributed by atoms with Gasteiger partial charge in [-0.3, -0.25) is 0 Å². The summed E-state index contributed by atoms with van der Waals surface area (Å²) in [6.45, 7) is 6.65. The molecular formula is C12H18N4. The molecule has 86 valence electrons. The summed E-state index contributed by atoms with van der Waals surface area (Å²) in [5.74, 6) is 1.58. The van der Waals surface area contributed by atoms with Crippen LogP contribution < -0.4 is 4.90 Å². The molecule has 2 aromatic rings. The molecule has 0 saturated heterocycles. The molecule has 2 aromatic heterocycles. The number of aromatic amines is 1. The Balaban J connectivity index is 2.42. The molecule has 16 heavy (non-hydrogen) atoms.